The van der Waals surface area contributed by atoms with Gasteiger partial charge in [0.25, 0.3) is 0 Å². The molecule has 0 N–H and O–H groups in total. The predicted molar refractivity (Wildman–Crippen MR) is 71.9 cm³/mol. The van der Waals surface area contributed by atoms with Gasteiger partial charge in [0.05, 0.1) is 18.7 Å². The van der Waals surface area contributed by atoms with Crippen molar-refractivity contribution in [1.82, 2.24) is 0 Å². The number of hydrogen-bond donors (Lipinski definition) is 0. The van der Waals surface area contributed by atoms with E-state index in [4.69, 9.17) is 23.2 Å². The van der Waals surface area contributed by atoms with Gasteiger partial charge in [-0.3, -0.25) is 4.79 Å². The van der Waals surface area contributed by atoms with Gasteiger partial charge in [0.1, 0.15) is 5.82 Å². The topological polar surface area (TPSA) is 17.1 Å². The summed E-state index contributed by atoms with van der Waals surface area (Å²) in [5, 5.41) is 0.562. The van der Waals surface area contributed by atoms with E-state index < -0.39 is 5.82 Å². The van der Waals surface area contributed by atoms with Crippen LogP contribution in [0.3, 0.4) is 0 Å². The summed E-state index contributed by atoms with van der Waals surface area (Å²) in [4.78, 5) is 12.5. The van der Waals surface area contributed by atoms with Crippen LogP contribution >= 0.6 is 50.5 Å². The highest BCUT2D eigenvalue weighted by Gasteiger charge is 2.17. The maximum absolute atomic E-state index is 12.9. The van der Waals surface area contributed by atoms with Gasteiger partial charge in [-0.1, -0.05) is 23.2 Å². The molecule has 88 valence electrons. The van der Waals surface area contributed by atoms with Crippen LogP contribution in [-0.4, -0.2) is 5.78 Å². The first-order valence-corrected chi connectivity index (χ1v) is 6.80. The van der Waals surface area contributed by atoms with Crippen molar-refractivity contribution in [2.45, 2.75) is 0 Å². The van der Waals surface area contributed by atoms with E-state index in [-0.39, 0.29) is 16.4 Å². The van der Waals surface area contributed by atoms with Gasteiger partial charge in [0, 0.05) is 5.56 Å². The van der Waals surface area contributed by atoms with Crippen molar-refractivity contribution in [2.75, 3.05) is 0 Å². The van der Waals surface area contributed by atoms with Crippen molar-refractivity contribution in [3.8, 4) is 0 Å². The molecule has 0 fully saturated rings. The van der Waals surface area contributed by atoms with Crippen LogP contribution in [0.1, 0.15) is 15.2 Å². The first kappa shape index (κ1) is 13.0. The zero-order chi connectivity index (χ0) is 12.6. The van der Waals surface area contributed by atoms with E-state index in [0.29, 0.717) is 13.7 Å². The Balaban J connectivity index is 2.43. The number of carbonyl (C=O) groups excluding carboxylic acids is 1. The first-order chi connectivity index (χ1) is 7.99. The lowest BCUT2D eigenvalue weighted by Gasteiger charge is -2.01. The molecule has 0 saturated carbocycles. The lowest BCUT2D eigenvalue weighted by atomic mass is 10.1. The number of hydrogen-bond acceptors (Lipinski definition) is 2. The molecule has 0 atom stereocenters. The Labute approximate surface area is 119 Å². The number of halogens is 4. The van der Waals surface area contributed by atoms with Crippen LogP contribution in [0.2, 0.25) is 10.0 Å². The fraction of sp³-hybridized carbons (Fsp3) is 0. The normalized spacial score (nSPS) is 10.6. The van der Waals surface area contributed by atoms with E-state index >= 15 is 0 Å². The predicted octanol–water partition coefficient (Wildman–Crippen LogP) is 5.19. The number of rotatable bonds is 2. The van der Waals surface area contributed by atoms with Crippen molar-refractivity contribution in [3.05, 3.63) is 54.4 Å². The summed E-state index contributed by atoms with van der Waals surface area (Å²) in [7, 11) is 0. The summed E-state index contributed by atoms with van der Waals surface area (Å²) in [5.74, 6) is -0.746. The third-order valence-electron chi connectivity index (χ3n) is 2.04. The molecule has 17 heavy (non-hydrogen) atoms. The Kier molecular flexibility index (Phi) is 3.88. The van der Waals surface area contributed by atoms with Gasteiger partial charge in [-0.2, -0.15) is 0 Å². The maximum Gasteiger partial charge on any atom is 0.204 e. The average Bonchev–Trinajstić information content (AvgIpc) is 2.58. The van der Waals surface area contributed by atoms with Gasteiger partial charge in [0.15, 0.2) is 0 Å². The lowest BCUT2D eigenvalue weighted by molar-refractivity contribution is 0.104. The Bertz CT molecular complexity index is 578. The fourth-order valence-corrected chi connectivity index (χ4v) is 3.17. The van der Waals surface area contributed by atoms with Crippen LogP contribution in [0.25, 0.3) is 0 Å². The second kappa shape index (κ2) is 5.06. The van der Waals surface area contributed by atoms with E-state index in [2.05, 4.69) is 15.9 Å². The molecule has 1 nitrogen and oxygen atoms in total. The van der Waals surface area contributed by atoms with Crippen LogP contribution in [-0.2, 0) is 0 Å². The first-order valence-electron chi connectivity index (χ1n) is 4.43. The van der Waals surface area contributed by atoms with Gasteiger partial charge in [-0.25, -0.2) is 4.39 Å². The maximum atomic E-state index is 12.9. The highest BCUT2D eigenvalue weighted by atomic mass is 79.9. The van der Waals surface area contributed by atoms with Crippen molar-refractivity contribution in [2.24, 2.45) is 0 Å². The standard InChI is InChI=1S/C11H4BrCl2FOS/c12-11-8(14)4-9(17-11)10(16)6-2-1-5(15)3-7(6)13/h1-4H. The van der Waals surface area contributed by atoms with E-state index in [9.17, 15) is 9.18 Å². The smallest absolute Gasteiger partial charge is 0.204 e. The summed E-state index contributed by atoms with van der Waals surface area (Å²) in [5.41, 5.74) is 0.262. The molecule has 0 aliphatic rings. The summed E-state index contributed by atoms with van der Waals surface area (Å²) < 4.78 is 13.5. The van der Waals surface area contributed by atoms with Crippen molar-refractivity contribution in [3.63, 3.8) is 0 Å². The highest BCUT2D eigenvalue weighted by molar-refractivity contribution is 9.11. The third-order valence-corrected chi connectivity index (χ3v) is 4.83. The molecule has 0 unspecified atom stereocenters. The molecular formula is C11H4BrCl2FOS. The summed E-state index contributed by atoms with van der Waals surface area (Å²) in [6.45, 7) is 0. The lowest BCUT2D eigenvalue weighted by Crippen LogP contribution is -1.99. The van der Waals surface area contributed by atoms with E-state index in [1.807, 2.05) is 0 Å². The second-order valence-corrected chi connectivity index (χ2v) is 6.37. The van der Waals surface area contributed by atoms with Crippen LogP contribution in [0.4, 0.5) is 4.39 Å². The summed E-state index contributed by atoms with van der Waals surface area (Å²) in [6.07, 6.45) is 0. The fourth-order valence-electron chi connectivity index (χ4n) is 1.26. The minimum Gasteiger partial charge on any atom is -0.288 e. The van der Waals surface area contributed by atoms with Crippen LogP contribution in [0.5, 0.6) is 0 Å². The van der Waals surface area contributed by atoms with E-state index in [0.717, 1.165) is 6.07 Å². The number of ketones is 1. The molecule has 0 amide bonds. The Morgan fingerprint density at radius 3 is 2.47 bits per heavy atom. The average molecular weight is 354 g/mol. The van der Waals surface area contributed by atoms with Gasteiger partial charge in [0.2, 0.25) is 5.78 Å². The zero-order valence-corrected chi connectivity index (χ0v) is 12.1. The number of thiophene rings is 1. The van der Waals surface area contributed by atoms with E-state index in [1.54, 1.807) is 6.07 Å². The molecule has 0 aliphatic carbocycles. The van der Waals surface area contributed by atoms with Crippen LogP contribution < -0.4 is 0 Å². The molecule has 6 heteroatoms. The van der Waals surface area contributed by atoms with E-state index in [1.165, 1.54) is 23.5 Å². The molecule has 1 aromatic heterocycles. The molecular weight excluding hydrogens is 350 g/mol. The van der Waals surface area contributed by atoms with Gasteiger partial charge < -0.3 is 0 Å². The van der Waals surface area contributed by atoms with Crippen molar-refractivity contribution >= 4 is 56.3 Å². The molecule has 0 spiro atoms. The Hall–Kier alpha value is -0.420. The zero-order valence-electron chi connectivity index (χ0n) is 8.14. The Morgan fingerprint density at radius 1 is 1.24 bits per heavy atom. The number of carbonyl (C=O) groups is 1. The largest absolute Gasteiger partial charge is 0.288 e. The molecule has 2 rings (SSSR count). The van der Waals surface area contributed by atoms with Crippen molar-refractivity contribution < 1.29 is 9.18 Å². The van der Waals surface area contributed by atoms with Crippen molar-refractivity contribution in [1.29, 1.82) is 0 Å². The molecule has 2 aromatic rings. The Morgan fingerprint density at radius 2 is 1.94 bits per heavy atom. The second-order valence-electron chi connectivity index (χ2n) is 3.19. The highest BCUT2D eigenvalue weighted by Crippen LogP contribution is 2.34. The SMILES string of the molecule is O=C(c1cc(Cl)c(Br)s1)c1ccc(F)cc1Cl. The molecule has 0 bridgehead atoms. The van der Waals surface area contributed by atoms with Gasteiger partial charge >= 0.3 is 0 Å². The van der Waals surface area contributed by atoms with Gasteiger partial charge in [-0.15, -0.1) is 11.3 Å². The minimum atomic E-state index is -0.475. The summed E-state index contributed by atoms with van der Waals surface area (Å²) in [6, 6.07) is 5.22. The molecule has 0 radical (unpaired) electrons. The quantitative estimate of drug-likeness (QED) is 0.679. The third kappa shape index (κ3) is 2.71. The molecule has 0 saturated heterocycles. The van der Waals surface area contributed by atoms with Crippen LogP contribution in [0, 0.1) is 5.82 Å². The molecule has 0 aliphatic heterocycles. The molecule has 1 aromatic carbocycles. The summed E-state index contributed by atoms with van der Waals surface area (Å²) >= 11 is 16.1. The van der Waals surface area contributed by atoms with Crippen LogP contribution in [0.15, 0.2) is 28.1 Å². The monoisotopic (exact) mass is 352 g/mol. The number of benzene rings is 1. The minimum absolute atomic E-state index is 0.0932. The van der Waals surface area contributed by atoms with Gasteiger partial charge in [-0.05, 0) is 40.2 Å². The molecule has 1 heterocycles.